The second-order valence-corrected chi connectivity index (χ2v) is 172. The molecule has 0 aromatic heterocycles. The van der Waals surface area contributed by atoms with Crippen LogP contribution in [-0.4, -0.2) is 15.1 Å². The summed E-state index contributed by atoms with van der Waals surface area (Å²) in [7, 11) is 0. The molecule has 0 bridgehead atoms. The molecule has 8 heteroatoms. The monoisotopic (exact) mass is 964 g/mol. The van der Waals surface area contributed by atoms with Crippen LogP contribution in [0.4, 0.5) is 0 Å². The normalized spacial score (nSPS) is 10.2. The predicted molar refractivity (Wildman–Crippen MR) is 108 cm³/mol. The van der Waals surface area contributed by atoms with Crippen LogP contribution in [-0.2, 0) is 0 Å². The Morgan fingerprint density at radius 1 is 1.13 bits per heavy atom. The first-order valence-electron chi connectivity index (χ1n) is 3.45. The van der Waals surface area contributed by atoms with Gasteiger partial charge in [-0.1, -0.05) is 12.1 Å². The Morgan fingerprint density at radius 2 is 1.53 bits per heavy atom. The first kappa shape index (κ1) is 18.3. The third-order valence-corrected chi connectivity index (χ3v) is 2.04. The summed E-state index contributed by atoms with van der Waals surface area (Å²) in [5, 5.41) is 8.56. The first-order chi connectivity index (χ1) is 6.72. The van der Waals surface area contributed by atoms with Crippen molar-refractivity contribution in [2.24, 2.45) is 0 Å². The van der Waals surface area contributed by atoms with Crippen LogP contribution in [0.3, 0.4) is 0 Å². The molecule has 0 aliphatic carbocycles. The minimum atomic E-state index is -1.40. The summed E-state index contributed by atoms with van der Waals surface area (Å²) in [6.45, 7) is 0. The Hall–Kier alpha value is 3.26. The van der Waals surface area contributed by atoms with Crippen LogP contribution in [0, 0.1) is 3.57 Å². The molecule has 0 fully saturated rings. The molecule has 0 saturated carbocycles. The molecular formula is C7H5I5O2Pb. The van der Waals surface area contributed by atoms with Gasteiger partial charge in [0.25, 0.3) is 0 Å². The number of hydrogen-bond donors (Lipinski definition) is 1. The van der Waals surface area contributed by atoms with Gasteiger partial charge in [0.15, 0.2) is 0 Å². The van der Waals surface area contributed by atoms with E-state index in [0.717, 1.165) is 3.57 Å². The van der Waals surface area contributed by atoms with Gasteiger partial charge in [-0.3, -0.25) is 0 Å². The van der Waals surface area contributed by atoms with E-state index in [4.69, 9.17) is 5.11 Å². The first-order valence-corrected chi connectivity index (χ1v) is 48.3. The van der Waals surface area contributed by atoms with Crippen molar-refractivity contribution in [3.63, 3.8) is 0 Å². The number of halogens is 5. The van der Waals surface area contributed by atoms with E-state index in [1.54, 1.807) is 18.2 Å². The Labute approximate surface area is 143 Å². The molecule has 0 spiro atoms. The molecule has 1 N–H and O–H groups in total. The van der Waals surface area contributed by atoms with Crippen molar-refractivity contribution in [1.29, 1.82) is 0 Å². The van der Waals surface area contributed by atoms with Gasteiger partial charge in [0.05, 0.1) is 5.56 Å². The number of hydrogen-bond acceptors (Lipinski definition) is 1. The van der Waals surface area contributed by atoms with E-state index in [2.05, 4.69) is 71.0 Å². The van der Waals surface area contributed by atoms with Crippen LogP contribution < -0.4 is 0 Å². The van der Waals surface area contributed by atoms with Gasteiger partial charge in [0, 0.05) is 3.57 Å². The number of carboxylic acid groups (broad SMARTS) is 1. The summed E-state index contributed by atoms with van der Waals surface area (Å²) >= 11 is 12.2. The van der Waals surface area contributed by atoms with Gasteiger partial charge in [-0.15, -0.1) is 0 Å². The molecule has 15 heavy (non-hydrogen) atoms. The fourth-order valence-corrected chi connectivity index (χ4v) is 1.25. The number of aromatic carboxylic acids is 1. The Kier molecular flexibility index (Phi) is 11.2. The molecule has 0 unspecified atom stereocenters. The average Bonchev–Trinajstić information content (AvgIpc) is 2.01. The fraction of sp³-hybridized carbons (Fsp3) is 0. The van der Waals surface area contributed by atoms with E-state index in [1.165, 1.54) is 0 Å². The van der Waals surface area contributed by atoms with Gasteiger partial charge in [-0.05, 0) is 34.7 Å². The van der Waals surface area contributed by atoms with Crippen LogP contribution in [0.2, 0.25) is 0 Å². The molecule has 1 rings (SSSR count). The molecule has 0 atom stereocenters. The van der Waals surface area contributed by atoms with Gasteiger partial charge < -0.3 is 5.11 Å². The van der Waals surface area contributed by atoms with Crippen LogP contribution in [0.1, 0.15) is 10.4 Å². The Morgan fingerprint density at radius 3 is 1.80 bits per heavy atom. The minimum absolute atomic E-state index is 0.364. The zero-order chi connectivity index (χ0) is 12.1. The molecule has 2 nitrogen and oxygen atoms in total. The molecule has 0 aliphatic rings. The van der Waals surface area contributed by atoms with Crippen LogP contribution in [0.25, 0.3) is 0 Å². The van der Waals surface area contributed by atoms with E-state index in [9.17, 15) is 4.79 Å². The number of carbonyl (C=O) groups is 1. The van der Waals surface area contributed by atoms with Crippen molar-refractivity contribution in [2.45, 2.75) is 0 Å². The molecule has 1 aromatic carbocycles. The zero-order valence-electron chi connectivity index (χ0n) is 7.05. The van der Waals surface area contributed by atoms with Crippen LogP contribution >= 0.6 is 93.6 Å². The van der Waals surface area contributed by atoms with Crippen molar-refractivity contribution in [2.75, 3.05) is 0 Å². The Bertz CT molecular complexity index is 332. The third-order valence-electron chi connectivity index (χ3n) is 1.10. The zero-order valence-corrected chi connectivity index (χ0v) is 21.7. The second-order valence-electron chi connectivity index (χ2n) is 2.21. The van der Waals surface area contributed by atoms with Crippen LogP contribution in [0.15, 0.2) is 24.3 Å². The van der Waals surface area contributed by atoms with Gasteiger partial charge >= 0.3 is 81.0 Å². The maximum atomic E-state index is 10.4. The fourth-order valence-electron chi connectivity index (χ4n) is 0.635. The standard InChI is InChI=1S/C7H5IO2.4HI.Pb/c8-6-4-2-1-3-5(6)7(9)10;;;;;/h1-4H,(H,9,10);4*1H;/q;;;;;+4/p-4. The molecule has 0 heterocycles. The van der Waals surface area contributed by atoms with Gasteiger partial charge in [0.1, 0.15) is 0 Å². The topological polar surface area (TPSA) is 37.3 Å². The number of carboxylic acids is 1. The quantitative estimate of drug-likeness (QED) is 0.313. The molecule has 0 radical (unpaired) electrons. The molecule has 84 valence electrons. The van der Waals surface area contributed by atoms with Crippen molar-refractivity contribution in [3.8, 4) is 0 Å². The third kappa shape index (κ3) is 12.1. The molecule has 1 aromatic rings. The summed E-state index contributed by atoms with van der Waals surface area (Å²) in [5.41, 5.74) is 0.364. The van der Waals surface area contributed by atoms with E-state index in [0.29, 0.717) is 5.56 Å². The summed E-state index contributed by atoms with van der Waals surface area (Å²) in [6.07, 6.45) is 0. The summed E-state index contributed by atoms with van der Waals surface area (Å²) in [6, 6.07) is 6.88. The van der Waals surface area contributed by atoms with E-state index < -0.39 is 9.97 Å². The van der Waals surface area contributed by atoms with Gasteiger partial charge in [-0.25, -0.2) is 4.79 Å². The van der Waals surface area contributed by atoms with Crippen molar-refractivity contribution >= 4 is 104 Å². The van der Waals surface area contributed by atoms with Crippen LogP contribution in [0.5, 0.6) is 0 Å². The summed E-state index contributed by atoms with van der Waals surface area (Å²) in [5.74, 6) is -0.870. The summed E-state index contributed by atoms with van der Waals surface area (Å²) < 4.78 is -0.627. The predicted octanol–water partition coefficient (Wildman–Crippen LogP) is 5.15. The molecule has 0 aliphatic heterocycles. The Balaban J connectivity index is 0.000000336. The van der Waals surface area contributed by atoms with E-state index in [-0.39, 0.29) is 0 Å². The summed E-state index contributed by atoms with van der Waals surface area (Å²) in [4.78, 5) is 10.4. The molecule has 0 amide bonds. The average molecular weight is 963 g/mol. The van der Waals surface area contributed by atoms with Crippen molar-refractivity contribution < 1.29 is 9.90 Å². The van der Waals surface area contributed by atoms with Gasteiger partial charge in [0.2, 0.25) is 0 Å². The van der Waals surface area contributed by atoms with E-state index >= 15 is 0 Å². The maximum absolute atomic E-state index is 10.4. The molecule has 0 saturated heterocycles. The SMILES string of the molecule is O=C(O)c1ccccc1I.[I][Pb]([I])([I])[I]. The van der Waals surface area contributed by atoms with E-state index in [1.807, 2.05) is 28.7 Å². The number of benzene rings is 1. The molecular weight excluding hydrogens is 958 g/mol. The second kappa shape index (κ2) is 9.21. The van der Waals surface area contributed by atoms with Gasteiger partial charge in [-0.2, -0.15) is 0 Å². The number of rotatable bonds is 1. The van der Waals surface area contributed by atoms with Crippen molar-refractivity contribution in [3.05, 3.63) is 33.4 Å². The van der Waals surface area contributed by atoms with Crippen molar-refractivity contribution in [1.82, 2.24) is 0 Å².